The molecule has 1 aromatic heterocycles. The maximum atomic E-state index is 14.3. The summed E-state index contributed by atoms with van der Waals surface area (Å²) >= 11 is 6.44. The Hall–Kier alpha value is -3.87. The molecule has 0 radical (unpaired) electrons. The molecule has 1 N–H and O–H groups in total. The van der Waals surface area contributed by atoms with Gasteiger partial charge in [-0.25, -0.2) is 9.18 Å². The Bertz CT molecular complexity index is 1620. The third-order valence-corrected chi connectivity index (χ3v) is 9.28. The minimum absolute atomic E-state index is 0.0345. The molecule has 0 spiro atoms. The molecule has 0 unspecified atom stereocenters. The van der Waals surface area contributed by atoms with Crippen molar-refractivity contribution in [3.05, 3.63) is 58.5 Å². The zero-order valence-electron chi connectivity index (χ0n) is 24.0. The smallest absolute Gasteiger partial charge is 0.343 e. The number of urea groups is 1. The van der Waals surface area contributed by atoms with Gasteiger partial charge < -0.3 is 14.7 Å². The molecule has 234 valence electrons. The largest absolute Gasteiger partial charge is 0.406 e. The molecule has 2 aromatic carbocycles. The minimum atomic E-state index is -4.64. The van der Waals surface area contributed by atoms with Gasteiger partial charge in [-0.3, -0.25) is 19.6 Å². The molecule has 6 rings (SSSR count). The van der Waals surface area contributed by atoms with E-state index >= 15 is 0 Å². The monoisotopic (exact) mass is 634 g/mol. The molecule has 1 atom stereocenters. The van der Waals surface area contributed by atoms with Crippen LogP contribution in [0.1, 0.15) is 37.3 Å². The lowest BCUT2D eigenvalue weighted by molar-refractivity contribution is -0.169. The number of hydrogen-bond acceptors (Lipinski definition) is 4. The molecule has 2 fully saturated rings. The summed E-state index contributed by atoms with van der Waals surface area (Å²) in [6.45, 7) is 1.22. The molecule has 0 saturated carbocycles. The normalized spacial score (nSPS) is 21.8. The van der Waals surface area contributed by atoms with Crippen LogP contribution in [-0.2, 0) is 22.6 Å². The second kappa shape index (κ2) is 11.2. The van der Waals surface area contributed by atoms with Gasteiger partial charge in [0.1, 0.15) is 12.4 Å². The molecule has 0 aliphatic carbocycles. The number of carbonyl (C=O) groups excluding carboxylic acids is 3. The molecule has 0 bridgehead atoms. The number of carbonyl (C=O) groups is 3. The van der Waals surface area contributed by atoms with E-state index in [-0.39, 0.29) is 43.1 Å². The molecular weight excluding hydrogens is 604 g/mol. The van der Waals surface area contributed by atoms with Crippen molar-refractivity contribution in [3.8, 4) is 0 Å². The predicted molar refractivity (Wildman–Crippen MR) is 154 cm³/mol. The number of para-hydroxylation sites is 1. The highest BCUT2D eigenvalue weighted by molar-refractivity contribution is 6.35. The number of benzene rings is 2. The number of H-pyrrole nitrogens is 1. The summed E-state index contributed by atoms with van der Waals surface area (Å²) in [5.74, 6) is -1.57. The number of alkyl halides is 3. The summed E-state index contributed by atoms with van der Waals surface area (Å²) in [7, 11) is 0. The Kier molecular flexibility index (Phi) is 7.71. The Morgan fingerprint density at radius 3 is 2.57 bits per heavy atom. The molecule has 14 heteroatoms. The van der Waals surface area contributed by atoms with E-state index in [9.17, 15) is 31.9 Å². The van der Waals surface area contributed by atoms with Gasteiger partial charge in [-0.15, -0.1) is 0 Å². The molecule has 44 heavy (non-hydrogen) atoms. The number of hydrogen-bond donors (Lipinski definition) is 1. The number of piperidine rings is 1. The SMILES string of the molecule is C[C@@]1(CC(=O)N2CCC(N3CCN(c4ccccc4F)C3=O)CC2)Cc2cc(Cl)c3[nH]ncc3c2CN(CC(F)(F)F)C1=O. The van der Waals surface area contributed by atoms with Gasteiger partial charge in [0, 0.05) is 50.6 Å². The fourth-order valence-electron chi connectivity index (χ4n) is 6.81. The van der Waals surface area contributed by atoms with Gasteiger partial charge in [0.2, 0.25) is 11.8 Å². The highest BCUT2D eigenvalue weighted by Crippen LogP contribution is 2.40. The number of aromatic amines is 1. The number of nitrogens with one attached hydrogen (secondary N) is 1. The summed E-state index contributed by atoms with van der Waals surface area (Å²) in [6.07, 6.45) is -2.42. The zero-order chi connectivity index (χ0) is 31.4. The summed E-state index contributed by atoms with van der Waals surface area (Å²) in [6, 6.07) is 7.30. The molecule has 3 aromatic rings. The number of rotatable bonds is 5. The lowest BCUT2D eigenvalue weighted by atomic mass is 9.78. The van der Waals surface area contributed by atoms with Gasteiger partial charge in [0.15, 0.2) is 0 Å². The predicted octanol–water partition coefficient (Wildman–Crippen LogP) is 5.13. The number of aromatic nitrogens is 2. The number of fused-ring (bicyclic) bond motifs is 3. The number of amides is 4. The van der Waals surface area contributed by atoms with Crippen molar-refractivity contribution in [2.24, 2.45) is 5.41 Å². The first-order valence-electron chi connectivity index (χ1n) is 14.4. The van der Waals surface area contributed by atoms with Gasteiger partial charge in [0.25, 0.3) is 0 Å². The molecule has 4 amide bonds. The lowest BCUT2D eigenvalue weighted by Crippen LogP contribution is -2.50. The fraction of sp³-hybridized carbons (Fsp3) is 0.467. The molecule has 3 aliphatic heterocycles. The van der Waals surface area contributed by atoms with Crippen molar-refractivity contribution in [1.82, 2.24) is 24.9 Å². The van der Waals surface area contributed by atoms with E-state index in [1.807, 2.05) is 0 Å². The standard InChI is InChI=1S/C30H31ClF4N6O3/c1-29(13-18-12-22(31)26-20(15-36-37-26)21(18)16-39(27(29)43)17-30(33,34)35)14-25(42)38-8-6-19(7-9-38)40-10-11-41(28(40)44)24-5-3-2-4-23(24)32/h2-5,12,15,19H,6-11,13-14,16-17H2,1H3,(H,36,37)/t29-/m0/s1. The summed E-state index contributed by atoms with van der Waals surface area (Å²) < 4.78 is 55.2. The fourth-order valence-corrected chi connectivity index (χ4v) is 7.08. The quantitative estimate of drug-likeness (QED) is 0.394. The van der Waals surface area contributed by atoms with Gasteiger partial charge in [0.05, 0.1) is 27.8 Å². The molecule has 3 aliphatic rings. The first kappa shape index (κ1) is 30.2. The van der Waals surface area contributed by atoms with Crippen LogP contribution in [0.5, 0.6) is 0 Å². The molecule has 9 nitrogen and oxygen atoms in total. The Balaban J connectivity index is 1.17. The van der Waals surface area contributed by atoms with E-state index in [0.29, 0.717) is 66.1 Å². The third kappa shape index (κ3) is 5.57. The van der Waals surface area contributed by atoms with Crippen LogP contribution in [0.25, 0.3) is 10.9 Å². The minimum Gasteiger partial charge on any atom is -0.343 e. The highest BCUT2D eigenvalue weighted by atomic mass is 35.5. The van der Waals surface area contributed by atoms with Crippen LogP contribution in [0.2, 0.25) is 5.02 Å². The number of halogens is 5. The Morgan fingerprint density at radius 1 is 1.14 bits per heavy atom. The van der Waals surface area contributed by atoms with Crippen molar-refractivity contribution in [1.29, 1.82) is 0 Å². The second-order valence-electron chi connectivity index (χ2n) is 12.0. The van der Waals surface area contributed by atoms with Crippen LogP contribution < -0.4 is 4.90 Å². The first-order chi connectivity index (χ1) is 20.8. The van der Waals surface area contributed by atoms with Crippen molar-refractivity contribution >= 4 is 46.0 Å². The number of anilines is 1. The topological polar surface area (TPSA) is 92.8 Å². The van der Waals surface area contributed by atoms with E-state index in [0.717, 1.165) is 4.90 Å². The van der Waals surface area contributed by atoms with E-state index in [1.165, 1.54) is 24.1 Å². The Morgan fingerprint density at radius 2 is 1.86 bits per heavy atom. The lowest BCUT2D eigenvalue weighted by Gasteiger charge is -2.38. The van der Waals surface area contributed by atoms with Crippen molar-refractivity contribution in [2.45, 2.75) is 51.4 Å². The second-order valence-corrected chi connectivity index (χ2v) is 12.4. The van der Waals surface area contributed by atoms with Crippen LogP contribution in [-0.4, -0.2) is 87.7 Å². The Labute approximate surface area is 255 Å². The molecular formula is C30H31ClF4N6O3. The van der Waals surface area contributed by atoms with E-state index in [4.69, 9.17) is 11.6 Å². The average molecular weight is 635 g/mol. The van der Waals surface area contributed by atoms with Crippen LogP contribution in [0, 0.1) is 11.2 Å². The number of nitrogens with zero attached hydrogens (tertiary/aromatic N) is 5. The van der Waals surface area contributed by atoms with Crippen molar-refractivity contribution in [3.63, 3.8) is 0 Å². The van der Waals surface area contributed by atoms with Gasteiger partial charge in [-0.05, 0) is 55.5 Å². The van der Waals surface area contributed by atoms with Crippen LogP contribution in [0.4, 0.5) is 28.0 Å². The maximum Gasteiger partial charge on any atom is 0.406 e. The van der Waals surface area contributed by atoms with Crippen molar-refractivity contribution < 1.29 is 31.9 Å². The first-order valence-corrected chi connectivity index (χ1v) is 14.8. The molecule has 4 heterocycles. The third-order valence-electron chi connectivity index (χ3n) is 8.98. The van der Waals surface area contributed by atoms with Gasteiger partial charge in [-0.2, -0.15) is 18.3 Å². The van der Waals surface area contributed by atoms with Crippen molar-refractivity contribution in [2.75, 3.05) is 37.6 Å². The molecule has 2 saturated heterocycles. The highest BCUT2D eigenvalue weighted by Gasteiger charge is 2.46. The van der Waals surface area contributed by atoms with E-state index in [1.54, 1.807) is 34.1 Å². The average Bonchev–Trinajstić information content (AvgIpc) is 3.59. The number of likely N-dealkylation sites (tertiary alicyclic amines) is 1. The summed E-state index contributed by atoms with van der Waals surface area (Å²) in [5, 5.41) is 7.61. The zero-order valence-corrected chi connectivity index (χ0v) is 24.7. The summed E-state index contributed by atoms with van der Waals surface area (Å²) in [4.78, 5) is 46.0. The van der Waals surface area contributed by atoms with Crippen LogP contribution in [0.3, 0.4) is 0 Å². The summed E-state index contributed by atoms with van der Waals surface area (Å²) in [5.41, 5.74) is 0.372. The van der Waals surface area contributed by atoms with Gasteiger partial charge >= 0.3 is 12.2 Å². The van der Waals surface area contributed by atoms with Gasteiger partial charge in [-0.1, -0.05) is 23.7 Å². The van der Waals surface area contributed by atoms with E-state index < -0.39 is 29.9 Å². The maximum absolute atomic E-state index is 14.3. The van der Waals surface area contributed by atoms with Crippen LogP contribution >= 0.6 is 11.6 Å². The van der Waals surface area contributed by atoms with E-state index in [2.05, 4.69) is 10.2 Å². The van der Waals surface area contributed by atoms with Crippen LogP contribution in [0.15, 0.2) is 36.5 Å².